The molecular formula is C29H30BrClN2O3. The van der Waals surface area contributed by atoms with Crippen LogP contribution in [0.1, 0.15) is 64.0 Å². The topological polar surface area (TPSA) is 71.5 Å². The van der Waals surface area contributed by atoms with Crippen molar-refractivity contribution in [1.29, 1.82) is 0 Å². The summed E-state index contributed by atoms with van der Waals surface area (Å²) in [6, 6.07) is 17.5. The minimum atomic E-state index is -1.49. The fourth-order valence-electron chi connectivity index (χ4n) is 5.25. The summed E-state index contributed by atoms with van der Waals surface area (Å²) in [7, 11) is 0. The number of rotatable bonds is 4. The second-order valence-corrected chi connectivity index (χ2v) is 11.7. The lowest BCUT2D eigenvalue weighted by molar-refractivity contribution is -0.138. The predicted molar refractivity (Wildman–Crippen MR) is 146 cm³/mol. The molecule has 2 heterocycles. The van der Waals surface area contributed by atoms with Gasteiger partial charge in [-0.05, 0) is 69.4 Å². The number of hydrogen-bond donors (Lipinski definition) is 2. The smallest absolute Gasteiger partial charge is 0.251 e. The van der Waals surface area contributed by atoms with Crippen molar-refractivity contribution in [2.45, 2.75) is 69.6 Å². The highest BCUT2D eigenvalue weighted by Crippen LogP contribution is 2.48. The van der Waals surface area contributed by atoms with Gasteiger partial charge in [-0.25, -0.2) is 4.98 Å². The van der Waals surface area contributed by atoms with Crippen LogP contribution in [-0.2, 0) is 4.79 Å². The van der Waals surface area contributed by atoms with Gasteiger partial charge in [0.05, 0.1) is 11.7 Å². The SMILES string of the molecule is CC(C)(O)C(=O)NC1CC2(CCCCC2)Oc2nc(-c3ccccc3Cl)c(-c3ccc(Br)cc3)cc21. The van der Waals surface area contributed by atoms with Gasteiger partial charge in [-0.2, -0.15) is 0 Å². The molecule has 1 unspecified atom stereocenters. The number of aliphatic hydroxyl groups is 1. The molecule has 1 spiro atoms. The summed E-state index contributed by atoms with van der Waals surface area (Å²) >= 11 is 10.2. The standard InChI is InChI=1S/C29H30BrClN2O3/c1-28(2,35)27(34)32-24-17-29(14-6-3-7-15-29)36-26-22(24)16-21(18-10-12-19(30)13-11-18)25(33-26)20-8-4-5-9-23(20)31/h4-5,8-13,16,24,35H,3,6-7,14-15,17H2,1-2H3,(H,32,34). The molecule has 3 aromatic rings. The summed E-state index contributed by atoms with van der Waals surface area (Å²) in [5.74, 6) is 0.117. The molecule has 2 aliphatic rings. The highest BCUT2D eigenvalue weighted by atomic mass is 79.9. The van der Waals surface area contributed by atoms with Gasteiger partial charge in [0.1, 0.15) is 11.2 Å². The molecule has 1 fully saturated rings. The number of benzene rings is 2. The minimum Gasteiger partial charge on any atom is -0.471 e. The fraction of sp³-hybridized carbons (Fsp3) is 0.379. The molecule has 1 amide bonds. The summed E-state index contributed by atoms with van der Waals surface area (Å²) in [4.78, 5) is 18.0. The first kappa shape index (κ1) is 25.2. The average molecular weight is 570 g/mol. The number of carbonyl (C=O) groups is 1. The Labute approximate surface area is 225 Å². The van der Waals surface area contributed by atoms with Gasteiger partial charge in [-0.15, -0.1) is 0 Å². The first-order valence-electron chi connectivity index (χ1n) is 12.4. The maximum Gasteiger partial charge on any atom is 0.251 e. The first-order valence-corrected chi connectivity index (χ1v) is 13.6. The number of ether oxygens (including phenoxy) is 1. The number of halogens is 2. The van der Waals surface area contributed by atoms with Crippen LogP contribution in [0, 0.1) is 0 Å². The van der Waals surface area contributed by atoms with Crippen LogP contribution in [0.15, 0.2) is 59.1 Å². The molecule has 36 heavy (non-hydrogen) atoms. The molecule has 7 heteroatoms. The average Bonchev–Trinajstić information content (AvgIpc) is 2.84. The van der Waals surface area contributed by atoms with Crippen molar-refractivity contribution >= 4 is 33.4 Å². The zero-order valence-electron chi connectivity index (χ0n) is 20.5. The van der Waals surface area contributed by atoms with Crippen molar-refractivity contribution in [3.05, 3.63) is 69.7 Å². The lowest BCUT2D eigenvalue weighted by Gasteiger charge is -2.44. The number of carbonyl (C=O) groups excluding carboxylic acids is 1. The summed E-state index contributed by atoms with van der Waals surface area (Å²) in [6.45, 7) is 3.01. The zero-order chi connectivity index (χ0) is 25.5. The van der Waals surface area contributed by atoms with E-state index in [1.807, 2.05) is 48.5 Å². The third-order valence-electron chi connectivity index (χ3n) is 7.19. The van der Waals surface area contributed by atoms with Gasteiger partial charge in [0.25, 0.3) is 5.91 Å². The van der Waals surface area contributed by atoms with E-state index in [4.69, 9.17) is 21.3 Å². The van der Waals surface area contributed by atoms with Crippen LogP contribution < -0.4 is 10.1 Å². The summed E-state index contributed by atoms with van der Waals surface area (Å²) in [5, 5.41) is 14.1. The van der Waals surface area contributed by atoms with E-state index in [1.165, 1.54) is 20.3 Å². The van der Waals surface area contributed by atoms with Crippen molar-refractivity contribution in [2.24, 2.45) is 0 Å². The molecule has 0 bridgehead atoms. The van der Waals surface area contributed by atoms with Gasteiger partial charge in [0.15, 0.2) is 0 Å². The molecule has 5 rings (SSSR count). The fourth-order valence-corrected chi connectivity index (χ4v) is 5.74. The maximum atomic E-state index is 12.9. The van der Waals surface area contributed by atoms with Gasteiger partial charge in [-0.1, -0.05) is 64.3 Å². The molecule has 1 aromatic heterocycles. The predicted octanol–water partition coefficient (Wildman–Crippen LogP) is 7.25. The molecule has 0 radical (unpaired) electrons. The van der Waals surface area contributed by atoms with Gasteiger partial charge in [-0.3, -0.25) is 4.79 Å². The Kier molecular flexibility index (Phi) is 6.88. The molecule has 0 saturated heterocycles. The first-order chi connectivity index (χ1) is 17.2. The summed E-state index contributed by atoms with van der Waals surface area (Å²) in [5.41, 5.74) is 2.39. The molecular weight excluding hydrogens is 540 g/mol. The Hall–Kier alpha value is -2.41. The van der Waals surface area contributed by atoms with Crippen LogP contribution in [0.3, 0.4) is 0 Å². The van der Waals surface area contributed by atoms with Gasteiger partial charge >= 0.3 is 0 Å². The molecule has 1 aliphatic carbocycles. The monoisotopic (exact) mass is 568 g/mol. The number of fused-ring (bicyclic) bond motifs is 1. The normalized spacial score (nSPS) is 18.9. The van der Waals surface area contributed by atoms with E-state index in [2.05, 4.69) is 27.3 Å². The van der Waals surface area contributed by atoms with Gasteiger partial charge in [0.2, 0.25) is 5.88 Å². The molecule has 1 saturated carbocycles. The number of aromatic nitrogens is 1. The van der Waals surface area contributed by atoms with Gasteiger partial charge < -0.3 is 15.2 Å². The highest BCUT2D eigenvalue weighted by molar-refractivity contribution is 9.10. The molecule has 188 valence electrons. The Morgan fingerprint density at radius 1 is 1.11 bits per heavy atom. The van der Waals surface area contributed by atoms with Crippen LogP contribution in [-0.4, -0.2) is 27.2 Å². The van der Waals surface area contributed by atoms with E-state index in [0.29, 0.717) is 17.3 Å². The lowest BCUT2D eigenvalue weighted by atomic mass is 9.77. The minimum absolute atomic E-state index is 0.326. The molecule has 5 nitrogen and oxygen atoms in total. The van der Waals surface area contributed by atoms with Crippen LogP contribution >= 0.6 is 27.5 Å². The second kappa shape index (κ2) is 9.81. The van der Waals surface area contributed by atoms with Crippen LogP contribution in [0.4, 0.5) is 0 Å². The van der Waals surface area contributed by atoms with E-state index < -0.39 is 11.5 Å². The van der Waals surface area contributed by atoms with Crippen LogP contribution in [0.5, 0.6) is 5.88 Å². The van der Waals surface area contributed by atoms with Crippen molar-refractivity contribution in [3.8, 4) is 28.3 Å². The summed E-state index contributed by atoms with van der Waals surface area (Å²) in [6.07, 6.45) is 5.82. The lowest BCUT2D eigenvalue weighted by Crippen LogP contribution is -2.50. The zero-order valence-corrected chi connectivity index (χ0v) is 22.8. The third-order valence-corrected chi connectivity index (χ3v) is 8.05. The number of nitrogens with one attached hydrogen (secondary N) is 1. The Balaban J connectivity index is 1.70. The van der Waals surface area contributed by atoms with Crippen LogP contribution in [0.25, 0.3) is 22.4 Å². The van der Waals surface area contributed by atoms with Crippen LogP contribution in [0.2, 0.25) is 5.02 Å². The largest absolute Gasteiger partial charge is 0.471 e. The molecule has 1 aliphatic heterocycles. The number of amides is 1. The molecule has 2 N–H and O–H groups in total. The van der Waals surface area contributed by atoms with E-state index in [9.17, 15) is 9.90 Å². The molecule has 2 aromatic carbocycles. The van der Waals surface area contributed by atoms with E-state index >= 15 is 0 Å². The van der Waals surface area contributed by atoms with Crippen molar-refractivity contribution < 1.29 is 14.6 Å². The Morgan fingerprint density at radius 3 is 2.47 bits per heavy atom. The van der Waals surface area contributed by atoms with Crippen molar-refractivity contribution in [2.75, 3.05) is 0 Å². The Bertz CT molecular complexity index is 1280. The second-order valence-electron chi connectivity index (χ2n) is 10.4. The Morgan fingerprint density at radius 2 is 1.81 bits per heavy atom. The van der Waals surface area contributed by atoms with E-state index in [-0.39, 0.29) is 11.6 Å². The number of nitrogens with zero attached hydrogens (tertiary/aromatic N) is 1. The van der Waals surface area contributed by atoms with Crippen molar-refractivity contribution in [3.63, 3.8) is 0 Å². The maximum absolute atomic E-state index is 12.9. The quantitative estimate of drug-likeness (QED) is 0.347. The van der Waals surface area contributed by atoms with Gasteiger partial charge in [0, 0.05) is 32.6 Å². The number of hydrogen-bond acceptors (Lipinski definition) is 4. The molecule has 1 atom stereocenters. The van der Waals surface area contributed by atoms with Crippen molar-refractivity contribution in [1.82, 2.24) is 10.3 Å². The summed E-state index contributed by atoms with van der Waals surface area (Å²) < 4.78 is 7.68. The highest BCUT2D eigenvalue weighted by Gasteiger charge is 2.44. The number of pyridine rings is 1. The third kappa shape index (κ3) is 5.04. The van der Waals surface area contributed by atoms with E-state index in [0.717, 1.165) is 58.1 Å². The van der Waals surface area contributed by atoms with E-state index in [1.54, 1.807) is 0 Å².